The summed E-state index contributed by atoms with van der Waals surface area (Å²) < 4.78 is 4.07. The molecule has 0 spiro atoms. The lowest BCUT2D eigenvalue weighted by Crippen LogP contribution is -2.29. The van der Waals surface area contributed by atoms with Crippen LogP contribution in [0.25, 0.3) is 0 Å². The monoisotopic (exact) mass is 301 g/mol. The van der Waals surface area contributed by atoms with Crippen molar-refractivity contribution < 1.29 is 0 Å². The molecule has 1 aliphatic rings. The van der Waals surface area contributed by atoms with Crippen LogP contribution in [0.3, 0.4) is 0 Å². The summed E-state index contributed by atoms with van der Waals surface area (Å²) in [4.78, 5) is 2.19. The predicted molar refractivity (Wildman–Crippen MR) is 79.8 cm³/mol. The second kappa shape index (κ2) is 6.14. The number of rotatable bonds is 4. The first kappa shape index (κ1) is 14.0. The van der Waals surface area contributed by atoms with E-state index in [0.29, 0.717) is 16.8 Å². The lowest BCUT2D eigenvalue weighted by molar-refractivity contribution is 0.658. The summed E-state index contributed by atoms with van der Waals surface area (Å²) in [5.41, 5.74) is 0.524. The Balaban J connectivity index is 2.08. The van der Waals surface area contributed by atoms with E-state index in [-0.39, 0.29) is 0 Å². The van der Waals surface area contributed by atoms with Gasteiger partial charge in [-0.2, -0.15) is 21.4 Å². The molecule has 18 heavy (non-hydrogen) atoms. The zero-order valence-corrected chi connectivity index (χ0v) is 12.9. The molecule has 1 heterocycles. The number of nitriles is 1. The highest BCUT2D eigenvalue weighted by molar-refractivity contribution is 7.99. The van der Waals surface area contributed by atoms with Crippen molar-refractivity contribution in [2.45, 2.75) is 37.5 Å². The first-order valence-corrected chi connectivity index (χ1v) is 8.27. The van der Waals surface area contributed by atoms with Crippen molar-refractivity contribution in [3.8, 4) is 6.07 Å². The summed E-state index contributed by atoms with van der Waals surface area (Å²) in [5, 5.41) is 11.1. The highest BCUT2D eigenvalue weighted by Gasteiger charge is 2.30. The van der Waals surface area contributed by atoms with E-state index in [1.807, 2.05) is 18.8 Å². The lowest BCUT2D eigenvalue weighted by atomic mass is 10.2. The van der Waals surface area contributed by atoms with Gasteiger partial charge in [0.2, 0.25) is 0 Å². The number of nitrogens with zero attached hydrogens (tertiary/aromatic N) is 3. The molecule has 0 amide bonds. The number of hydrogen-bond acceptors (Lipinski definition) is 5. The molecule has 98 valence electrons. The van der Waals surface area contributed by atoms with Crippen molar-refractivity contribution >= 4 is 39.9 Å². The molecule has 6 heteroatoms. The summed E-state index contributed by atoms with van der Waals surface area (Å²) in [5.74, 6) is 1.18. The maximum absolute atomic E-state index is 9.12. The normalized spacial score (nSPS) is 23.0. The van der Waals surface area contributed by atoms with Crippen LogP contribution in [0.2, 0.25) is 5.15 Å². The van der Waals surface area contributed by atoms with Crippen LogP contribution in [0.5, 0.6) is 0 Å². The Bertz CT molecular complexity index is 455. The van der Waals surface area contributed by atoms with Crippen molar-refractivity contribution in [2.75, 3.05) is 17.7 Å². The number of thioether (sulfide) groups is 1. The Morgan fingerprint density at radius 2 is 2.39 bits per heavy atom. The Morgan fingerprint density at radius 1 is 1.61 bits per heavy atom. The second-order valence-corrected chi connectivity index (χ2v) is 7.11. The van der Waals surface area contributed by atoms with Crippen molar-refractivity contribution in [1.82, 2.24) is 4.37 Å². The van der Waals surface area contributed by atoms with Crippen LogP contribution in [0.1, 0.15) is 31.7 Å². The highest BCUT2D eigenvalue weighted by Crippen LogP contribution is 2.37. The third kappa shape index (κ3) is 2.76. The van der Waals surface area contributed by atoms with Gasteiger partial charge in [-0.1, -0.05) is 18.5 Å². The SMILES string of the molecule is CCSC1CCC(N(C)c2snc(Cl)c2C#N)C1. The van der Waals surface area contributed by atoms with E-state index < -0.39 is 0 Å². The van der Waals surface area contributed by atoms with E-state index in [9.17, 15) is 0 Å². The summed E-state index contributed by atoms with van der Waals surface area (Å²) >= 11 is 9.29. The van der Waals surface area contributed by atoms with E-state index in [1.54, 1.807) is 0 Å². The van der Waals surface area contributed by atoms with Crippen molar-refractivity contribution in [2.24, 2.45) is 0 Å². The van der Waals surface area contributed by atoms with E-state index >= 15 is 0 Å². The standard InChI is InChI=1S/C12H16ClN3S2/c1-3-17-9-5-4-8(6-9)16(2)12-10(7-14)11(13)15-18-12/h8-9H,3-6H2,1-2H3. The zero-order chi connectivity index (χ0) is 13.1. The van der Waals surface area contributed by atoms with Gasteiger partial charge in [-0.3, -0.25) is 0 Å². The van der Waals surface area contributed by atoms with E-state index in [2.05, 4.69) is 22.3 Å². The van der Waals surface area contributed by atoms with Crippen molar-refractivity contribution in [3.05, 3.63) is 10.7 Å². The molecule has 2 rings (SSSR count). The fraction of sp³-hybridized carbons (Fsp3) is 0.667. The average molecular weight is 302 g/mol. The molecule has 0 N–H and O–H groups in total. The number of hydrogen-bond donors (Lipinski definition) is 0. The molecule has 1 saturated carbocycles. The molecule has 2 unspecified atom stereocenters. The van der Waals surface area contributed by atoms with Crippen LogP contribution in [0.4, 0.5) is 5.00 Å². The smallest absolute Gasteiger partial charge is 0.162 e. The molecular weight excluding hydrogens is 286 g/mol. The maximum atomic E-state index is 9.12. The summed E-state index contributed by atoms with van der Waals surface area (Å²) in [6, 6.07) is 2.67. The topological polar surface area (TPSA) is 39.9 Å². The molecule has 1 fully saturated rings. The van der Waals surface area contributed by atoms with Crippen LogP contribution in [-0.2, 0) is 0 Å². The summed E-state index contributed by atoms with van der Waals surface area (Å²) in [6.07, 6.45) is 3.64. The second-order valence-electron chi connectivity index (χ2n) is 4.42. The molecule has 0 radical (unpaired) electrons. The van der Waals surface area contributed by atoms with Crippen molar-refractivity contribution in [3.63, 3.8) is 0 Å². The first-order chi connectivity index (χ1) is 8.67. The van der Waals surface area contributed by atoms with Gasteiger partial charge in [-0.25, -0.2) is 0 Å². The third-order valence-corrected chi connectivity index (χ3v) is 5.92. The van der Waals surface area contributed by atoms with Crippen LogP contribution in [0.15, 0.2) is 0 Å². The van der Waals surface area contributed by atoms with Gasteiger partial charge in [-0.05, 0) is 36.5 Å². The molecule has 0 aliphatic heterocycles. The zero-order valence-electron chi connectivity index (χ0n) is 10.5. The molecular formula is C12H16ClN3S2. The predicted octanol–water partition coefficient (Wildman–Crippen LogP) is 3.78. The minimum absolute atomic E-state index is 0.335. The van der Waals surface area contributed by atoms with Gasteiger partial charge in [0, 0.05) is 18.3 Å². The van der Waals surface area contributed by atoms with Gasteiger partial charge < -0.3 is 4.90 Å². The molecule has 2 atom stereocenters. The van der Waals surface area contributed by atoms with Crippen LogP contribution in [0, 0.1) is 11.3 Å². The molecule has 1 aliphatic carbocycles. The van der Waals surface area contributed by atoms with Gasteiger partial charge in [0.15, 0.2) is 5.15 Å². The number of anilines is 1. The Hall–Kier alpha value is -0.440. The van der Waals surface area contributed by atoms with Gasteiger partial charge in [-0.15, -0.1) is 0 Å². The third-order valence-electron chi connectivity index (χ3n) is 3.37. The molecule has 0 bridgehead atoms. The Kier molecular flexibility index (Phi) is 4.77. The quantitative estimate of drug-likeness (QED) is 0.848. The maximum Gasteiger partial charge on any atom is 0.162 e. The van der Waals surface area contributed by atoms with Gasteiger partial charge in [0.25, 0.3) is 0 Å². The minimum atomic E-state index is 0.335. The van der Waals surface area contributed by atoms with Crippen LogP contribution < -0.4 is 4.90 Å². The average Bonchev–Trinajstić information content (AvgIpc) is 2.95. The summed E-state index contributed by atoms with van der Waals surface area (Å²) in [7, 11) is 2.05. The highest BCUT2D eigenvalue weighted by atomic mass is 35.5. The van der Waals surface area contributed by atoms with Gasteiger partial charge in [0.05, 0.1) is 0 Å². The molecule has 1 aromatic heterocycles. The fourth-order valence-electron chi connectivity index (χ4n) is 2.42. The van der Waals surface area contributed by atoms with E-state index in [0.717, 1.165) is 10.3 Å². The van der Waals surface area contributed by atoms with Crippen LogP contribution >= 0.6 is 34.9 Å². The Labute approximate surface area is 121 Å². The largest absolute Gasteiger partial charge is 0.361 e. The summed E-state index contributed by atoms with van der Waals surface area (Å²) in [6.45, 7) is 2.21. The molecule has 3 nitrogen and oxygen atoms in total. The molecule has 0 saturated heterocycles. The van der Waals surface area contributed by atoms with E-state index in [4.69, 9.17) is 16.9 Å². The van der Waals surface area contributed by atoms with Gasteiger partial charge >= 0.3 is 0 Å². The Morgan fingerprint density at radius 3 is 3.06 bits per heavy atom. The number of halogens is 1. The lowest BCUT2D eigenvalue weighted by Gasteiger charge is -2.25. The van der Waals surface area contributed by atoms with E-state index in [1.165, 1.54) is 36.5 Å². The fourth-order valence-corrected chi connectivity index (χ4v) is 4.61. The molecule has 1 aromatic rings. The first-order valence-electron chi connectivity index (χ1n) is 6.07. The minimum Gasteiger partial charge on any atom is -0.361 e. The van der Waals surface area contributed by atoms with Crippen LogP contribution in [-0.4, -0.2) is 28.5 Å². The molecule has 0 aromatic carbocycles. The van der Waals surface area contributed by atoms with Gasteiger partial charge in [0.1, 0.15) is 16.6 Å². The number of aromatic nitrogens is 1. The van der Waals surface area contributed by atoms with Crippen molar-refractivity contribution in [1.29, 1.82) is 5.26 Å².